The summed E-state index contributed by atoms with van der Waals surface area (Å²) in [6.45, 7) is 8.34. The van der Waals surface area contributed by atoms with Gasteiger partial charge in [-0.3, -0.25) is 14.4 Å². The number of esters is 1. The molecule has 0 saturated heterocycles. The smallest absolute Gasteiger partial charge is 0.305 e. The van der Waals surface area contributed by atoms with Gasteiger partial charge < -0.3 is 15.4 Å². The van der Waals surface area contributed by atoms with Crippen LogP contribution in [0.5, 0.6) is 0 Å². The Kier molecular flexibility index (Phi) is 8.59. The van der Waals surface area contributed by atoms with Crippen molar-refractivity contribution in [1.29, 1.82) is 0 Å². The third kappa shape index (κ3) is 9.35. The third-order valence-corrected chi connectivity index (χ3v) is 2.50. The largest absolute Gasteiger partial charge is 0.466 e. The van der Waals surface area contributed by atoms with Crippen molar-refractivity contribution in [3.8, 4) is 0 Å². The molecule has 0 spiro atoms. The van der Waals surface area contributed by atoms with Gasteiger partial charge in [-0.2, -0.15) is 0 Å². The molecule has 0 radical (unpaired) electrons. The Morgan fingerprint density at radius 1 is 1.00 bits per heavy atom. The van der Waals surface area contributed by atoms with Crippen molar-refractivity contribution in [2.45, 2.75) is 47.0 Å². The Balaban J connectivity index is 3.60. The number of carbonyl (C=O) groups excluding carboxylic acids is 3. The lowest BCUT2D eigenvalue weighted by atomic mass is 9.96. The maximum Gasteiger partial charge on any atom is 0.305 e. The second-order valence-corrected chi connectivity index (χ2v) is 5.51. The molecular weight excluding hydrogens is 260 g/mol. The van der Waals surface area contributed by atoms with Crippen molar-refractivity contribution in [1.82, 2.24) is 10.6 Å². The molecule has 0 aromatic rings. The first kappa shape index (κ1) is 18.4. The summed E-state index contributed by atoms with van der Waals surface area (Å²) in [4.78, 5) is 34.1. The molecule has 0 saturated carbocycles. The van der Waals surface area contributed by atoms with Gasteiger partial charge in [-0.05, 0) is 13.3 Å². The van der Waals surface area contributed by atoms with E-state index in [4.69, 9.17) is 4.74 Å². The van der Waals surface area contributed by atoms with Crippen LogP contribution in [-0.2, 0) is 19.1 Å². The molecule has 20 heavy (non-hydrogen) atoms. The van der Waals surface area contributed by atoms with E-state index in [-0.39, 0.29) is 24.2 Å². The van der Waals surface area contributed by atoms with E-state index in [0.29, 0.717) is 32.5 Å². The van der Waals surface area contributed by atoms with Crippen molar-refractivity contribution in [2.75, 3.05) is 19.7 Å². The van der Waals surface area contributed by atoms with Crippen molar-refractivity contribution in [3.05, 3.63) is 0 Å². The molecule has 0 aliphatic rings. The highest BCUT2D eigenvalue weighted by Crippen LogP contribution is 2.11. The summed E-state index contributed by atoms with van der Waals surface area (Å²) in [7, 11) is 0. The Morgan fingerprint density at radius 2 is 1.65 bits per heavy atom. The van der Waals surface area contributed by atoms with E-state index in [1.54, 1.807) is 6.92 Å². The number of ether oxygens (including phenoxy) is 1. The van der Waals surface area contributed by atoms with Gasteiger partial charge in [-0.25, -0.2) is 0 Å². The summed E-state index contributed by atoms with van der Waals surface area (Å²) >= 11 is 0. The number of hydrogen-bond acceptors (Lipinski definition) is 4. The molecule has 0 aromatic heterocycles. The zero-order valence-corrected chi connectivity index (χ0v) is 12.9. The van der Waals surface area contributed by atoms with Crippen LogP contribution in [-0.4, -0.2) is 37.5 Å². The van der Waals surface area contributed by atoms with Crippen molar-refractivity contribution < 1.29 is 19.1 Å². The topological polar surface area (TPSA) is 84.5 Å². The lowest BCUT2D eigenvalue weighted by Crippen LogP contribution is -2.37. The van der Waals surface area contributed by atoms with E-state index >= 15 is 0 Å². The molecule has 0 rings (SSSR count). The molecular formula is C14H26N2O4. The fourth-order valence-corrected chi connectivity index (χ4v) is 1.34. The van der Waals surface area contributed by atoms with Crippen molar-refractivity contribution in [2.24, 2.45) is 5.41 Å². The molecule has 0 heterocycles. The summed E-state index contributed by atoms with van der Waals surface area (Å²) in [5.74, 6) is -0.463. The Morgan fingerprint density at radius 3 is 2.20 bits per heavy atom. The average molecular weight is 286 g/mol. The van der Waals surface area contributed by atoms with Crippen LogP contribution < -0.4 is 10.6 Å². The van der Waals surface area contributed by atoms with Crippen LogP contribution in [0.15, 0.2) is 0 Å². The summed E-state index contributed by atoms with van der Waals surface area (Å²) in [5.41, 5.74) is -0.448. The zero-order chi connectivity index (χ0) is 15.6. The van der Waals surface area contributed by atoms with E-state index < -0.39 is 5.41 Å². The number of amides is 2. The zero-order valence-electron chi connectivity index (χ0n) is 12.9. The lowest BCUT2D eigenvalue weighted by molar-refractivity contribution is -0.143. The fourth-order valence-electron chi connectivity index (χ4n) is 1.34. The fraction of sp³-hybridized carbons (Fsp3) is 0.786. The van der Waals surface area contributed by atoms with Crippen LogP contribution in [0.3, 0.4) is 0 Å². The SMILES string of the molecule is CCOC(=O)CCCNC(=O)CCNC(=O)C(C)(C)C. The summed E-state index contributed by atoms with van der Waals surface area (Å²) in [6, 6.07) is 0. The molecule has 0 unspecified atom stereocenters. The molecule has 0 aliphatic carbocycles. The number of hydrogen-bond donors (Lipinski definition) is 2. The van der Waals surface area contributed by atoms with Crippen molar-refractivity contribution >= 4 is 17.8 Å². The summed E-state index contributed by atoms with van der Waals surface area (Å²) in [6.07, 6.45) is 1.09. The molecule has 0 aromatic carbocycles. The Labute approximate surface area is 120 Å². The molecule has 0 fully saturated rings. The van der Waals surface area contributed by atoms with Gasteiger partial charge in [0, 0.05) is 31.3 Å². The van der Waals surface area contributed by atoms with Crippen molar-refractivity contribution in [3.63, 3.8) is 0 Å². The normalized spacial score (nSPS) is 10.8. The van der Waals surface area contributed by atoms with Crippen LogP contribution >= 0.6 is 0 Å². The van der Waals surface area contributed by atoms with Crippen LogP contribution in [0.25, 0.3) is 0 Å². The lowest BCUT2D eigenvalue weighted by Gasteiger charge is -2.17. The first-order valence-corrected chi connectivity index (χ1v) is 6.98. The second-order valence-electron chi connectivity index (χ2n) is 5.51. The van der Waals surface area contributed by atoms with Gasteiger partial charge in [0.25, 0.3) is 0 Å². The van der Waals surface area contributed by atoms with Gasteiger partial charge in [-0.1, -0.05) is 20.8 Å². The molecule has 6 heteroatoms. The van der Waals surface area contributed by atoms with Crippen LogP contribution in [0.4, 0.5) is 0 Å². The first-order chi connectivity index (χ1) is 9.27. The second kappa shape index (κ2) is 9.34. The molecule has 116 valence electrons. The van der Waals surface area contributed by atoms with Gasteiger partial charge >= 0.3 is 5.97 Å². The molecule has 2 N–H and O–H groups in total. The molecule has 0 atom stereocenters. The van der Waals surface area contributed by atoms with E-state index in [0.717, 1.165) is 0 Å². The van der Waals surface area contributed by atoms with Gasteiger partial charge in [0.05, 0.1) is 6.61 Å². The molecule has 2 amide bonds. The minimum Gasteiger partial charge on any atom is -0.466 e. The monoisotopic (exact) mass is 286 g/mol. The molecule has 0 bridgehead atoms. The maximum atomic E-state index is 11.5. The van der Waals surface area contributed by atoms with E-state index in [2.05, 4.69) is 10.6 Å². The molecule has 6 nitrogen and oxygen atoms in total. The Bertz CT molecular complexity index is 335. The van der Waals surface area contributed by atoms with Crippen LogP contribution in [0.2, 0.25) is 0 Å². The predicted molar refractivity (Wildman–Crippen MR) is 76.0 cm³/mol. The number of rotatable bonds is 8. The number of nitrogens with one attached hydrogen (secondary N) is 2. The van der Waals surface area contributed by atoms with E-state index in [1.807, 2.05) is 20.8 Å². The van der Waals surface area contributed by atoms with Gasteiger partial charge in [-0.15, -0.1) is 0 Å². The predicted octanol–water partition coefficient (Wildman–Crippen LogP) is 0.998. The number of carbonyl (C=O) groups is 3. The van der Waals surface area contributed by atoms with Crippen LogP contribution in [0.1, 0.15) is 47.0 Å². The maximum absolute atomic E-state index is 11.5. The molecule has 0 aliphatic heterocycles. The third-order valence-electron chi connectivity index (χ3n) is 2.50. The van der Waals surface area contributed by atoms with E-state index in [1.165, 1.54) is 0 Å². The van der Waals surface area contributed by atoms with Gasteiger partial charge in [0.1, 0.15) is 0 Å². The highest BCUT2D eigenvalue weighted by atomic mass is 16.5. The average Bonchev–Trinajstić information content (AvgIpc) is 2.33. The van der Waals surface area contributed by atoms with Crippen LogP contribution in [0, 0.1) is 5.41 Å². The highest BCUT2D eigenvalue weighted by Gasteiger charge is 2.20. The highest BCUT2D eigenvalue weighted by molar-refractivity contribution is 5.82. The summed E-state index contributed by atoms with van der Waals surface area (Å²) < 4.78 is 4.77. The van der Waals surface area contributed by atoms with Gasteiger partial charge in [0.15, 0.2) is 0 Å². The van der Waals surface area contributed by atoms with E-state index in [9.17, 15) is 14.4 Å². The standard InChI is InChI=1S/C14H26N2O4/c1-5-20-12(18)7-6-9-15-11(17)8-10-16-13(19)14(2,3)4/h5-10H2,1-4H3,(H,15,17)(H,16,19). The minimum atomic E-state index is -0.448. The quantitative estimate of drug-likeness (QED) is 0.515. The minimum absolute atomic E-state index is 0.0763. The summed E-state index contributed by atoms with van der Waals surface area (Å²) in [5, 5.41) is 5.40. The first-order valence-electron chi connectivity index (χ1n) is 6.98. The van der Waals surface area contributed by atoms with Gasteiger partial charge in [0.2, 0.25) is 11.8 Å². The Hall–Kier alpha value is -1.59.